The molecule has 0 aliphatic heterocycles. The van der Waals surface area contributed by atoms with Crippen LogP contribution in [0, 0.1) is 13.8 Å². The molecule has 8 aromatic rings. The summed E-state index contributed by atoms with van der Waals surface area (Å²) < 4.78 is 38.3. The Labute approximate surface area is 311 Å². The standard InChI is InChI=1S/C49H47N2O/c1-28(2)36-26-33(32-17-11-10-12-18-32)27-37(29(3)4)45(36)51-41-22-16-15-21-40(41)50(9)48(51)43-30(5)23-24-34-38-25-31(6)42-35-19-13-14-20-39(35)49(7,8)44(42)47(38)52-46(34)43/h10-29H,1-9H3/q+1/i6D3. The van der Waals surface area contributed by atoms with Gasteiger partial charge in [-0.05, 0) is 94.9 Å². The van der Waals surface area contributed by atoms with Crippen molar-refractivity contribution in [1.82, 2.24) is 4.57 Å². The lowest BCUT2D eigenvalue weighted by molar-refractivity contribution is -0.633. The van der Waals surface area contributed by atoms with Crippen LogP contribution in [0.15, 0.2) is 114 Å². The molecule has 0 N–H and O–H groups in total. The van der Waals surface area contributed by atoms with Crippen molar-refractivity contribution in [3.63, 3.8) is 0 Å². The number of imidazole rings is 1. The van der Waals surface area contributed by atoms with E-state index in [2.05, 4.69) is 156 Å². The minimum Gasteiger partial charge on any atom is -0.455 e. The average molecular weight is 683 g/mol. The van der Waals surface area contributed by atoms with Crippen LogP contribution in [-0.4, -0.2) is 4.57 Å². The van der Waals surface area contributed by atoms with Crippen molar-refractivity contribution < 1.29 is 13.1 Å². The van der Waals surface area contributed by atoms with Crippen molar-refractivity contribution in [1.29, 1.82) is 0 Å². The highest BCUT2D eigenvalue weighted by Gasteiger charge is 2.40. The average Bonchev–Trinajstić information content (AvgIpc) is 3.75. The van der Waals surface area contributed by atoms with Gasteiger partial charge in [-0.3, -0.25) is 0 Å². The van der Waals surface area contributed by atoms with E-state index < -0.39 is 12.3 Å². The number of hydrogen-bond donors (Lipinski definition) is 0. The number of benzene rings is 6. The summed E-state index contributed by atoms with van der Waals surface area (Å²) in [6.07, 6.45) is 0. The van der Waals surface area contributed by atoms with E-state index in [9.17, 15) is 0 Å². The number of nitrogens with zero attached hydrogens (tertiary/aromatic N) is 2. The van der Waals surface area contributed by atoms with E-state index in [1.165, 1.54) is 27.9 Å². The van der Waals surface area contributed by atoms with Gasteiger partial charge < -0.3 is 4.42 Å². The topological polar surface area (TPSA) is 21.9 Å². The molecule has 0 unspecified atom stereocenters. The molecule has 9 rings (SSSR count). The summed E-state index contributed by atoms with van der Waals surface area (Å²) in [5, 5.41) is 1.75. The molecule has 0 bridgehead atoms. The lowest BCUT2D eigenvalue weighted by Crippen LogP contribution is -2.30. The number of furan rings is 1. The Morgan fingerprint density at radius 1 is 0.692 bits per heavy atom. The van der Waals surface area contributed by atoms with Crippen molar-refractivity contribution in [3.05, 3.63) is 143 Å². The molecule has 1 aliphatic rings. The molecule has 0 fully saturated rings. The Bertz CT molecular complexity index is 2820. The van der Waals surface area contributed by atoms with Crippen molar-refractivity contribution in [2.75, 3.05) is 0 Å². The molecule has 6 aromatic carbocycles. The van der Waals surface area contributed by atoms with Gasteiger partial charge in [-0.1, -0.05) is 120 Å². The SMILES string of the molecule is [2H]C([2H])([2H])c1cc2c(oc3c(-c4n(-c5c(C(C)C)cc(-c6ccccc6)cc5C(C)C)c5ccccc5[n+]4C)c(C)ccc32)c2c1-c1ccccc1C2(C)C. The van der Waals surface area contributed by atoms with E-state index in [-0.39, 0.29) is 11.8 Å². The van der Waals surface area contributed by atoms with Crippen molar-refractivity contribution in [3.8, 4) is 39.3 Å². The highest BCUT2D eigenvalue weighted by Crippen LogP contribution is 2.54. The normalized spacial score (nSPS) is 14.7. The van der Waals surface area contributed by atoms with Gasteiger partial charge in [-0.2, -0.15) is 4.57 Å². The molecule has 52 heavy (non-hydrogen) atoms. The summed E-state index contributed by atoms with van der Waals surface area (Å²) in [7, 11) is 2.15. The molecule has 2 heterocycles. The summed E-state index contributed by atoms with van der Waals surface area (Å²) in [6, 6.07) is 38.5. The molecule has 0 saturated carbocycles. The van der Waals surface area contributed by atoms with Gasteiger partial charge in [0.15, 0.2) is 16.6 Å². The fourth-order valence-corrected chi connectivity index (χ4v) is 9.04. The van der Waals surface area contributed by atoms with Gasteiger partial charge in [-0.15, -0.1) is 0 Å². The minimum atomic E-state index is -2.31. The van der Waals surface area contributed by atoms with E-state index in [1.807, 2.05) is 18.2 Å². The van der Waals surface area contributed by atoms with Crippen LogP contribution in [0.1, 0.15) is 90.9 Å². The first-order valence-corrected chi connectivity index (χ1v) is 18.6. The van der Waals surface area contributed by atoms with Gasteiger partial charge in [0.2, 0.25) is 0 Å². The third-order valence-corrected chi connectivity index (χ3v) is 11.6. The van der Waals surface area contributed by atoms with E-state index in [4.69, 9.17) is 8.53 Å². The molecule has 0 radical (unpaired) electrons. The lowest BCUT2D eigenvalue weighted by atomic mass is 9.81. The van der Waals surface area contributed by atoms with Crippen molar-refractivity contribution in [2.24, 2.45) is 7.05 Å². The van der Waals surface area contributed by atoms with Crippen LogP contribution in [0.4, 0.5) is 0 Å². The second kappa shape index (κ2) is 11.5. The zero-order chi connectivity index (χ0) is 38.7. The number of hydrogen-bond acceptors (Lipinski definition) is 1. The highest BCUT2D eigenvalue weighted by molar-refractivity contribution is 6.13. The van der Waals surface area contributed by atoms with Crippen LogP contribution >= 0.6 is 0 Å². The smallest absolute Gasteiger partial charge is 0.299 e. The predicted octanol–water partition coefficient (Wildman–Crippen LogP) is 12.9. The summed E-state index contributed by atoms with van der Waals surface area (Å²) in [6.45, 7) is 13.4. The number of para-hydroxylation sites is 2. The maximum absolute atomic E-state index is 8.75. The van der Waals surface area contributed by atoms with E-state index in [0.717, 1.165) is 72.2 Å². The number of rotatable bonds is 5. The van der Waals surface area contributed by atoms with Gasteiger partial charge in [0, 0.05) is 37.0 Å². The third kappa shape index (κ3) is 4.48. The second-order valence-corrected chi connectivity index (χ2v) is 15.8. The monoisotopic (exact) mass is 682 g/mol. The van der Waals surface area contributed by atoms with E-state index in [1.54, 1.807) is 0 Å². The number of aromatic nitrogens is 2. The van der Waals surface area contributed by atoms with Crippen LogP contribution in [-0.2, 0) is 12.5 Å². The van der Waals surface area contributed by atoms with Crippen molar-refractivity contribution >= 4 is 33.0 Å². The first kappa shape index (κ1) is 29.2. The first-order valence-electron chi connectivity index (χ1n) is 20.1. The molecule has 0 atom stereocenters. The largest absolute Gasteiger partial charge is 0.455 e. The Kier molecular flexibility index (Phi) is 6.48. The summed E-state index contributed by atoms with van der Waals surface area (Å²) in [5.41, 5.74) is 15.8. The summed E-state index contributed by atoms with van der Waals surface area (Å²) in [4.78, 5) is 0. The third-order valence-electron chi connectivity index (χ3n) is 11.6. The lowest BCUT2D eigenvalue weighted by Gasteiger charge is -2.21. The fourth-order valence-electron chi connectivity index (χ4n) is 9.04. The van der Waals surface area contributed by atoms with E-state index in [0.29, 0.717) is 5.56 Å². The molecule has 1 aliphatic carbocycles. The number of fused-ring (bicyclic) bond motifs is 8. The van der Waals surface area contributed by atoms with Gasteiger partial charge in [0.1, 0.15) is 16.8 Å². The second-order valence-electron chi connectivity index (χ2n) is 15.8. The molecule has 3 heteroatoms. The van der Waals surface area contributed by atoms with Gasteiger partial charge in [0.25, 0.3) is 5.82 Å². The molecule has 0 spiro atoms. The molecular weight excluding hydrogens is 633 g/mol. The summed E-state index contributed by atoms with van der Waals surface area (Å²) >= 11 is 0. The Morgan fingerprint density at radius 3 is 2.08 bits per heavy atom. The van der Waals surface area contributed by atoms with Crippen LogP contribution in [0.3, 0.4) is 0 Å². The van der Waals surface area contributed by atoms with Crippen LogP contribution < -0.4 is 4.57 Å². The van der Waals surface area contributed by atoms with Gasteiger partial charge in [-0.25, -0.2) is 4.57 Å². The maximum Gasteiger partial charge on any atom is 0.299 e. The Morgan fingerprint density at radius 2 is 1.37 bits per heavy atom. The molecule has 258 valence electrons. The highest BCUT2D eigenvalue weighted by atomic mass is 16.3. The number of aryl methyl sites for hydroxylation is 3. The Hall–Kier alpha value is -5.41. The Balaban J connectivity index is 1.43. The molecule has 0 saturated heterocycles. The fraction of sp³-hybridized carbons (Fsp3) is 0.245. The van der Waals surface area contributed by atoms with Gasteiger partial charge >= 0.3 is 0 Å². The zero-order valence-electron chi connectivity index (χ0n) is 34.3. The summed E-state index contributed by atoms with van der Waals surface area (Å²) in [5.74, 6) is 1.50. The maximum atomic E-state index is 8.75. The van der Waals surface area contributed by atoms with Crippen LogP contribution in [0.5, 0.6) is 0 Å². The minimum absolute atomic E-state index is 0.239. The molecule has 0 amide bonds. The van der Waals surface area contributed by atoms with E-state index >= 15 is 0 Å². The molecular formula is C49H47N2O+. The zero-order valence-corrected chi connectivity index (χ0v) is 31.3. The predicted molar refractivity (Wildman–Crippen MR) is 218 cm³/mol. The van der Waals surface area contributed by atoms with Crippen LogP contribution in [0.25, 0.3) is 72.3 Å². The van der Waals surface area contributed by atoms with Gasteiger partial charge in [0.05, 0.1) is 7.05 Å². The molecule has 2 aromatic heterocycles. The van der Waals surface area contributed by atoms with Crippen molar-refractivity contribution in [2.45, 2.75) is 72.6 Å². The quantitative estimate of drug-likeness (QED) is 0.166. The first-order chi connectivity index (χ1) is 26.2. The van der Waals surface area contributed by atoms with Crippen LogP contribution in [0.2, 0.25) is 0 Å². The molecule has 3 nitrogen and oxygen atoms in total.